The Labute approximate surface area is 124 Å². The van der Waals surface area contributed by atoms with Crippen LogP contribution in [0.15, 0.2) is 41.9 Å². The minimum Gasteiger partial charge on any atom is -0.491 e. The van der Waals surface area contributed by atoms with Crippen molar-refractivity contribution in [1.29, 1.82) is 0 Å². The van der Waals surface area contributed by atoms with Crippen molar-refractivity contribution in [2.45, 2.75) is 5.41 Å². The van der Waals surface area contributed by atoms with E-state index >= 15 is 0 Å². The summed E-state index contributed by atoms with van der Waals surface area (Å²) in [4.78, 5) is 17.0. The Balaban J connectivity index is 1.85. The third-order valence-corrected chi connectivity index (χ3v) is 5.15. The predicted octanol–water partition coefficient (Wildman–Crippen LogP) is 2.93. The molecular weight excluding hydrogens is 284 g/mol. The molecular formula is C16H10N2O2S. The summed E-state index contributed by atoms with van der Waals surface area (Å²) in [6, 6.07) is 11.8. The molecule has 0 saturated heterocycles. The summed E-state index contributed by atoms with van der Waals surface area (Å²) in [6.45, 7) is 0.350. The molecule has 1 atom stereocenters. The lowest BCUT2D eigenvalue weighted by atomic mass is 9.77. The van der Waals surface area contributed by atoms with Crippen molar-refractivity contribution in [2.75, 3.05) is 11.9 Å². The van der Waals surface area contributed by atoms with Gasteiger partial charge >= 0.3 is 0 Å². The van der Waals surface area contributed by atoms with Crippen LogP contribution in [-0.4, -0.2) is 17.5 Å². The summed E-state index contributed by atoms with van der Waals surface area (Å²) in [5.41, 5.74) is 4.84. The first kappa shape index (κ1) is 11.3. The van der Waals surface area contributed by atoms with Gasteiger partial charge in [0.1, 0.15) is 17.8 Å². The molecule has 0 fully saturated rings. The molecule has 3 aromatic rings. The summed E-state index contributed by atoms with van der Waals surface area (Å²) >= 11 is 1.58. The molecule has 0 aliphatic carbocycles. The van der Waals surface area contributed by atoms with Crippen molar-refractivity contribution >= 4 is 33.1 Å². The normalized spacial score (nSPS) is 22.2. The molecule has 102 valence electrons. The second kappa shape index (κ2) is 3.62. The van der Waals surface area contributed by atoms with Crippen molar-refractivity contribution in [3.63, 3.8) is 0 Å². The van der Waals surface area contributed by atoms with Gasteiger partial charge in [0.15, 0.2) is 0 Å². The summed E-state index contributed by atoms with van der Waals surface area (Å²) in [5, 5.41) is 2.98. The maximum atomic E-state index is 12.7. The van der Waals surface area contributed by atoms with Gasteiger partial charge in [0.25, 0.3) is 0 Å². The molecule has 1 unspecified atom stereocenters. The molecule has 1 amide bonds. The van der Waals surface area contributed by atoms with Crippen LogP contribution in [0.4, 0.5) is 5.69 Å². The third-order valence-electron chi connectivity index (χ3n) is 4.36. The summed E-state index contributed by atoms with van der Waals surface area (Å²) in [5.74, 6) is 0.756. The van der Waals surface area contributed by atoms with E-state index in [1.54, 1.807) is 11.3 Å². The van der Waals surface area contributed by atoms with Crippen LogP contribution in [0.5, 0.6) is 5.75 Å². The number of para-hydroxylation sites is 1. The van der Waals surface area contributed by atoms with Gasteiger partial charge in [-0.2, -0.15) is 0 Å². The molecule has 4 nitrogen and oxygen atoms in total. The van der Waals surface area contributed by atoms with Crippen LogP contribution in [0, 0.1) is 0 Å². The molecule has 1 N–H and O–H groups in total. The number of aromatic nitrogens is 1. The van der Waals surface area contributed by atoms with E-state index in [0.717, 1.165) is 32.8 Å². The fourth-order valence-corrected chi connectivity index (χ4v) is 4.03. The van der Waals surface area contributed by atoms with Crippen molar-refractivity contribution in [3.8, 4) is 5.75 Å². The Kier molecular flexibility index (Phi) is 1.94. The highest BCUT2D eigenvalue weighted by atomic mass is 32.1. The van der Waals surface area contributed by atoms with E-state index in [-0.39, 0.29) is 5.91 Å². The molecule has 2 aliphatic heterocycles. The van der Waals surface area contributed by atoms with Gasteiger partial charge in [-0.05, 0) is 17.7 Å². The monoisotopic (exact) mass is 294 g/mol. The van der Waals surface area contributed by atoms with E-state index in [1.807, 2.05) is 35.8 Å². The number of fused-ring (bicyclic) bond motifs is 5. The van der Waals surface area contributed by atoms with Crippen LogP contribution in [0.2, 0.25) is 0 Å². The number of hydrogen-bond donors (Lipinski definition) is 1. The number of rotatable bonds is 0. The van der Waals surface area contributed by atoms with Crippen LogP contribution in [0.25, 0.3) is 10.2 Å². The Morgan fingerprint density at radius 1 is 1.24 bits per heavy atom. The standard InChI is InChI=1S/C16H10N2O2S/c19-15-16(9-3-1-2-4-11(9)18-15)7-20-13-6-12-14(5-10(13)16)21-8-17-12/h1-6,8H,7H2,(H,18,19). The zero-order valence-corrected chi connectivity index (χ0v) is 11.7. The van der Waals surface area contributed by atoms with E-state index < -0.39 is 5.41 Å². The molecule has 0 saturated carbocycles. The van der Waals surface area contributed by atoms with Crippen LogP contribution >= 0.6 is 11.3 Å². The number of nitrogens with zero attached hydrogens (tertiary/aromatic N) is 1. The quantitative estimate of drug-likeness (QED) is 0.693. The topological polar surface area (TPSA) is 51.2 Å². The van der Waals surface area contributed by atoms with E-state index in [9.17, 15) is 4.79 Å². The van der Waals surface area contributed by atoms with Crippen LogP contribution in [0.1, 0.15) is 11.1 Å². The minimum atomic E-state index is -0.718. The van der Waals surface area contributed by atoms with Crippen LogP contribution < -0.4 is 10.1 Å². The molecule has 21 heavy (non-hydrogen) atoms. The molecule has 0 radical (unpaired) electrons. The lowest BCUT2D eigenvalue weighted by Gasteiger charge is -2.19. The van der Waals surface area contributed by atoms with Gasteiger partial charge in [-0.25, -0.2) is 4.98 Å². The molecule has 5 rings (SSSR count). The van der Waals surface area contributed by atoms with Gasteiger partial charge in [-0.1, -0.05) is 18.2 Å². The molecule has 2 aliphatic rings. The maximum absolute atomic E-state index is 12.7. The second-order valence-electron chi connectivity index (χ2n) is 5.36. The SMILES string of the molecule is O=C1Nc2ccccc2C12COc1cc3ncsc3cc12. The zero-order valence-electron chi connectivity index (χ0n) is 10.9. The lowest BCUT2D eigenvalue weighted by Crippen LogP contribution is -2.37. The number of hydrogen-bond acceptors (Lipinski definition) is 4. The van der Waals surface area contributed by atoms with Gasteiger partial charge in [-0.15, -0.1) is 11.3 Å². The van der Waals surface area contributed by atoms with Gasteiger partial charge in [-0.3, -0.25) is 4.79 Å². The minimum absolute atomic E-state index is 0.00804. The van der Waals surface area contributed by atoms with Gasteiger partial charge in [0.2, 0.25) is 5.91 Å². The Bertz CT molecular complexity index is 918. The zero-order chi connectivity index (χ0) is 14.0. The smallest absolute Gasteiger partial charge is 0.243 e. The second-order valence-corrected chi connectivity index (χ2v) is 6.25. The maximum Gasteiger partial charge on any atom is 0.243 e. The number of ether oxygens (including phenoxy) is 1. The van der Waals surface area contributed by atoms with E-state index in [1.165, 1.54) is 0 Å². The van der Waals surface area contributed by atoms with Crippen molar-refractivity contribution < 1.29 is 9.53 Å². The highest BCUT2D eigenvalue weighted by molar-refractivity contribution is 7.16. The number of thiazole rings is 1. The highest BCUT2D eigenvalue weighted by Gasteiger charge is 2.53. The number of carbonyl (C=O) groups excluding carboxylic acids is 1. The molecule has 2 aromatic carbocycles. The van der Waals surface area contributed by atoms with E-state index in [0.29, 0.717) is 6.61 Å². The van der Waals surface area contributed by atoms with Crippen molar-refractivity contribution in [3.05, 3.63) is 53.0 Å². The van der Waals surface area contributed by atoms with E-state index in [4.69, 9.17) is 4.74 Å². The van der Waals surface area contributed by atoms with E-state index in [2.05, 4.69) is 16.4 Å². The predicted molar refractivity (Wildman–Crippen MR) is 81.0 cm³/mol. The Morgan fingerprint density at radius 3 is 3.10 bits per heavy atom. The van der Waals surface area contributed by atoms with Crippen molar-refractivity contribution in [1.82, 2.24) is 4.98 Å². The number of anilines is 1. The first-order valence-corrected chi connectivity index (χ1v) is 7.58. The van der Waals surface area contributed by atoms with Gasteiger partial charge in [0, 0.05) is 17.3 Å². The molecule has 3 heterocycles. The average Bonchev–Trinajstić information content (AvgIpc) is 3.16. The molecule has 0 bridgehead atoms. The largest absolute Gasteiger partial charge is 0.491 e. The number of amides is 1. The van der Waals surface area contributed by atoms with Crippen molar-refractivity contribution in [2.24, 2.45) is 0 Å². The number of benzene rings is 2. The van der Waals surface area contributed by atoms with Gasteiger partial charge < -0.3 is 10.1 Å². The average molecular weight is 294 g/mol. The molecule has 5 heteroatoms. The summed E-state index contributed by atoms with van der Waals surface area (Å²) in [6.07, 6.45) is 0. The third kappa shape index (κ3) is 1.25. The summed E-state index contributed by atoms with van der Waals surface area (Å²) in [7, 11) is 0. The lowest BCUT2D eigenvalue weighted by molar-refractivity contribution is -0.119. The summed E-state index contributed by atoms with van der Waals surface area (Å²) < 4.78 is 6.92. The highest BCUT2D eigenvalue weighted by Crippen LogP contribution is 2.50. The van der Waals surface area contributed by atoms with Crippen LogP contribution in [-0.2, 0) is 10.2 Å². The fourth-order valence-electron chi connectivity index (χ4n) is 3.33. The Hall–Kier alpha value is -2.40. The van der Waals surface area contributed by atoms with Crippen LogP contribution in [0.3, 0.4) is 0 Å². The first-order valence-electron chi connectivity index (χ1n) is 6.70. The molecule has 1 spiro atoms. The van der Waals surface area contributed by atoms with Gasteiger partial charge in [0.05, 0.1) is 15.7 Å². The number of nitrogens with one attached hydrogen (secondary N) is 1. The number of carbonyl (C=O) groups is 1. The molecule has 1 aromatic heterocycles. The Morgan fingerprint density at radius 2 is 2.14 bits per heavy atom. The fraction of sp³-hybridized carbons (Fsp3) is 0.125. The first-order chi connectivity index (χ1) is 10.3.